The van der Waals surface area contributed by atoms with Gasteiger partial charge in [0.25, 0.3) is 0 Å². The van der Waals surface area contributed by atoms with E-state index < -0.39 is 0 Å². The van der Waals surface area contributed by atoms with Crippen LogP contribution in [0.4, 0.5) is 0 Å². The second-order valence-electron chi connectivity index (χ2n) is 4.59. The molecule has 0 radical (unpaired) electrons. The zero-order valence-corrected chi connectivity index (χ0v) is 11.7. The highest BCUT2D eigenvalue weighted by atomic mass is 16.5. The average molecular weight is 250 g/mol. The smallest absolute Gasteiger partial charge is 0.213 e. The minimum absolute atomic E-state index is 0.752. The molecule has 0 aliphatic rings. The minimum atomic E-state index is 0.752. The third-order valence-corrected chi connectivity index (χ3v) is 2.80. The number of rotatable bonds is 10. The molecule has 1 aromatic rings. The van der Waals surface area contributed by atoms with Crippen molar-refractivity contribution in [2.45, 2.75) is 52.5 Å². The van der Waals surface area contributed by atoms with Crippen molar-refractivity contribution in [3.8, 4) is 5.88 Å². The Kier molecular flexibility index (Phi) is 8.23. The maximum Gasteiger partial charge on any atom is 0.213 e. The van der Waals surface area contributed by atoms with Crippen LogP contribution < -0.4 is 10.1 Å². The molecule has 1 heterocycles. The Hall–Kier alpha value is -1.09. The van der Waals surface area contributed by atoms with Crippen molar-refractivity contribution >= 4 is 0 Å². The van der Waals surface area contributed by atoms with E-state index in [1.165, 1.54) is 24.8 Å². The highest BCUT2D eigenvalue weighted by molar-refractivity contribution is 5.20. The molecule has 18 heavy (non-hydrogen) atoms. The zero-order valence-electron chi connectivity index (χ0n) is 11.7. The van der Waals surface area contributed by atoms with Crippen LogP contribution in [-0.4, -0.2) is 18.1 Å². The van der Waals surface area contributed by atoms with Gasteiger partial charge in [-0.15, -0.1) is 0 Å². The van der Waals surface area contributed by atoms with Crippen LogP contribution in [0.1, 0.15) is 51.5 Å². The third-order valence-electron chi connectivity index (χ3n) is 2.80. The van der Waals surface area contributed by atoms with Gasteiger partial charge in [-0.2, -0.15) is 0 Å². The second kappa shape index (κ2) is 9.89. The molecule has 0 aromatic carbocycles. The molecule has 3 nitrogen and oxygen atoms in total. The van der Waals surface area contributed by atoms with Crippen molar-refractivity contribution in [3.63, 3.8) is 0 Å². The van der Waals surface area contributed by atoms with Crippen molar-refractivity contribution in [3.05, 3.63) is 23.9 Å². The van der Waals surface area contributed by atoms with Crippen molar-refractivity contribution in [1.29, 1.82) is 0 Å². The molecular formula is C15H26N2O. The second-order valence-corrected chi connectivity index (χ2v) is 4.59. The van der Waals surface area contributed by atoms with Crippen LogP contribution in [0.15, 0.2) is 18.3 Å². The van der Waals surface area contributed by atoms with Gasteiger partial charge in [0.2, 0.25) is 5.88 Å². The summed E-state index contributed by atoms with van der Waals surface area (Å²) in [5, 5.41) is 3.38. The molecule has 0 spiro atoms. The predicted octanol–water partition coefficient (Wildman–Crippen LogP) is 3.54. The Labute approximate surface area is 111 Å². The van der Waals surface area contributed by atoms with Gasteiger partial charge >= 0.3 is 0 Å². The molecule has 0 amide bonds. The molecule has 0 fully saturated rings. The number of unbranched alkanes of at least 4 members (excludes halogenated alkanes) is 3. The summed E-state index contributed by atoms with van der Waals surface area (Å²) in [6, 6.07) is 4.06. The highest BCUT2D eigenvalue weighted by Gasteiger charge is 1.98. The van der Waals surface area contributed by atoms with Crippen molar-refractivity contribution < 1.29 is 4.74 Å². The zero-order chi connectivity index (χ0) is 13.1. The first kappa shape index (κ1) is 15.0. The van der Waals surface area contributed by atoms with Gasteiger partial charge in [-0.05, 0) is 31.0 Å². The summed E-state index contributed by atoms with van der Waals surface area (Å²) >= 11 is 0. The summed E-state index contributed by atoms with van der Waals surface area (Å²) < 4.78 is 5.66. The summed E-state index contributed by atoms with van der Waals surface area (Å²) in [5.41, 5.74) is 1.24. The fraction of sp³-hybridized carbons (Fsp3) is 0.667. The van der Waals surface area contributed by atoms with Gasteiger partial charge in [0.15, 0.2) is 0 Å². The van der Waals surface area contributed by atoms with Crippen LogP contribution in [0.2, 0.25) is 0 Å². The number of hydrogen-bond donors (Lipinski definition) is 1. The van der Waals surface area contributed by atoms with E-state index in [0.29, 0.717) is 0 Å². The van der Waals surface area contributed by atoms with E-state index in [4.69, 9.17) is 4.74 Å². The van der Waals surface area contributed by atoms with Crippen LogP contribution in [-0.2, 0) is 6.54 Å². The summed E-state index contributed by atoms with van der Waals surface area (Å²) in [6.07, 6.45) is 7.90. The quantitative estimate of drug-likeness (QED) is 0.645. The summed E-state index contributed by atoms with van der Waals surface area (Å²) in [7, 11) is 0. The molecule has 0 unspecified atom stereocenters. The monoisotopic (exact) mass is 250 g/mol. The Morgan fingerprint density at radius 3 is 2.83 bits per heavy atom. The van der Waals surface area contributed by atoms with Gasteiger partial charge in [-0.25, -0.2) is 4.98 Å². The van der Waals surface area contributed by atoms with Crippen LogP contribution >= 0.6 is 0 Å². The van der Waals surface area contributed by atoms with Gasteiger partial charge in [0.05, 0.1) is 6.61 Å². The Morgan fingerprint density at radius 1 is 1.17 bits per heavy atom. The molecule has 0 saturated carbocycles. The van der Waals surface area contributed by atoms with Gasteiger partial charge < -0.3 is 10.1 Å². The van der Waals surface area contributed by atoms with E-state index in [1.54, 1.807) is 0 Å². The third kappa shape index (κ3) is 6.60. The van der Waals surface area contributed by atoms with Crippen molar-refractivity contribution in [1.82, 2.24) is 10.3 Å². The number of nitrogens with zero attached hydrogens (tertiary/aromatic N) is 1. The van der Waals surface area contributed by atoms with Crippen molar-refractivity contribution in [2.75, 3.05) is 13.2 Å². The molecule has 0 atom stereocenters. The molecular weight excluding hydrogens is 224 g/mol. The Bertz CT molecular complexity index is 315. The van der Waals surface area contributed by atoms with Crippen LogP contribution in [0.3, 0.4) is 0 Å². The molecule has 0 saturated heterocycles. The Morgan fingerprint density at radius 2 is 2.06 bits per heavy atom. The van der Waals surface area contributed by atoms with Gasteiger partial charge in [-0.3, -0.25) is 0 Å². The van der Waals surface area contributed by atoms with E-state index >= 15 is 0 Å². The van der Waals surface area contributed by atoms with Crippen LogP contribution in [0, 0.1) is 0 Å². The van der Waals surface area contributed by atoms with E-state index in [-0.39, 0.29) is 0 Å². The minimum Gasteiger partial charge on any atom is -0.478 e. The van der Waals surface area contributed by atoms with Gasteiger partial charge in [0.1, 0.15) is 0 Å². The normalized spacial score (nSPS) is 10.6. The lowest BCUT2D eigenvalue weighted by atomic mass is 10.2. The first-order valence-corrected chi connectivity index (χ1v) is 7.15. The number of ether oxygens (including phenoxy) is 1. The Balaban J connectivity index is 2.26. The highest BCUT2D eigenvalue weighted by Crippen LogP contribution is 2.10. The predicted molar refractivity (Wildman–Crippen MR) is 75.9 cm³/mol. The average Bonchev–Trinajstić information content (AvgIpc) is 2.39. The topological polar surface area (TPSA) is 34.1 Å². The SMILES string of the molecule is CCCCCCOc1cc(CNCCC)ccn1. The number of pyridine rings is 1. The van der Waals surface area contributed by atoms with E-state index in [2.05, 4.69) is 24.1 Å². The summed E-state index contributed by atoms with van der Waals surface area (Å²) in [4.78, 5) is 4.24. The summed E-state index contributed by atoms with van der Waals surface area (Å²) in [6.45, 7) is 7.11. The first-order valence-electron chi connectivity index (χ1n) is 7.15. The molecule has 1 aromatic heterocycles. The maximum absolute atomic E-state index is 5.66. The lowest BCUT2D eigenvalue weighted by Gasteiger charge is -2.07. The molecule has 0 aliphatic carbocycles. The fourth-order valence-corrected chi connectivity index (χ4v) is 1.75. The largest absolute Gasteiger partial charge is 0.478 e. The molecule has 1 rings (SSSR count). The van der Waals surface area contributed by atoms with E-state index in [9.17, 15) is 0 Å². The number of aromatic nitrogens is 1. The standard InChI is InChI=1S/C15H26N2O/c1-3-5-6-7-11-18-15-12-14(8-10-17-15)13-16-9-4-2/h8,10,12,16H,3-7,9,11,13H2,1-2H3. The fourth-order valence-electron chi connectivity index (χ4n) is 1.75. The van der Waals surface area contributed by atoms with Crippen LogP contribution in [0.5, 0.6) is 5.88 Å². The first-order chi connectivity index (χ1) is 8.86. The van der Waals surface area contributed by atoms with Gasteiger partial charge in [-0.1, -0.05) is 33.1 Å². The van der Waals surface area contributed by atoms with Gasteiger partial charge in [0, 0.05) is 18.8 Å². The van der Waals surface area contributed by atoms with Crippen molar-refractivity contribution in [2.24, 2.45) is 0 Å². The van der Waals surface area contributed by atoms with E-state index in [1.807, 2.05) is 18.3 Å². The lowest BCUT2D eigenvalue weighted by Crippen LogP contribution is -2.13. The summed E-state index contributed by atoms with van der Waals surface area (Å²) in [5.74, 6) is 0.752. The molecule has 1 N–H and O–H groups in total. The molecule has 102 valence electrons. The number of nitrogens with one attached hydrogen (secondary N) is 1. The van der Waals surface area contributed by atoms with Crippen LogP contribution in [0.25, 0.3) is 0 Å². The molecule has 3 heteroatoms. The molecule has 0 bridgehead atoms. The maximum atomic E-state index is 5.66. The molecule has 0 aliphatic heterocycles. The van der Waals surface area contributed by atoms with E-state index in [0.717, 1.165) is 38.4 Å². The number of hydrogen-bond acceptors (Lipinski definition) is 3. The lowest BCUT2D eigenvalue weighted by molar-refractivity contribution is 0.293.